The van der Waals surface area contributed by atoms with Gasteiger partial charge in [-0.1, -0.05) is 13.8 Å². The van der Waals surface area contributed by atoms with Crippen LogP contribution in [0.25, 0.3) is 0 Å². The standard InChI is InChI=1S/C20H29N5O3/c1-4-16-17(5-2)23-24(3)18(16)22-20(27)25-10-8-14(9-11-25)19(26)21-13-15-7-6-12-28-15/h6-7,12,14H,4-5,8-11,13H2,1-3H3,(H,21,26)(H,22,27). The van der Waals surface area contributed by atoms with Gasteiger partial charge in [0.05, 0.1) is 18.5 Å². The van der Waals surface area contributed by atoms with E-state index in [0.29, 0.717) is 32.5 Å². The molecular formula is C20H29N5O3. The summed E-state index contributed by atoms with van der Waals surface area (Å²) < 4.78 is 6.97. The summed E-state index contributed by atoms with van der Waals surface area (Å²) in [6.07, 6.45) is 4.57. The Bertz CT molecular complexity index is 804. The van der Waals surface area contributed by atoms with E-state index in [1.807, 2.05) is 13.1 Å². The van der Waals surface area contributed by atoms with E-state index in [9.17, 15) is 9.59 Å². The molecule has 0 bridgehead atoms. The van der Waals surface area contributed by atoms with Gasteiger partial charge in [0.25, 0.3) is 0 Å². The quantitative estimate of drug-likeness (QED) is 0.797. The average Bonchev–Trinajstić information content (AvgIpc) is 3.34. The lowest BCUT2D eigenvalue weighted by Crippen LogP contribution is -2.44. The predicted molar refractivity (Wildman–Crippen MR) is 106 cm³/mol. The second kappa shape index (κ2) is 8.95. The molecule has 8 heteroatoms. The van der Waals surface area contributed by atoms with Gasteiger partial charge in [0.15, 0.2) is 0 Å². The maximum absolute atomic E-state index is 12.7. The van der Waals surface area contributed by atoms with Crippen molar-refractivity contribution < 1.29 is 14.0 Å². The number of urea groups is 1. The Hall–Kier alpha value is -2.77. The molecule has 0 aromatic carbocycles. The Morgan fingerprint density at radius 3 is 2.61 bits per heavy atom. The molecule has 1 aliphatic heterocycles. The van der Waals surface area contributed by atoms with Gasteiger partial charge in [-0.2, -0.15) is 5.10 Å². The highest BCUT2D eigenvalue weighted by molar-refractivity contribution is 5.89. The SMILES string of the molecule is CCc1nn(C)c(NC(=O)N2CCC(C(=O)NCc3ccco3)CC2)c1CC. The van der Waals surface area contributed by atoms with E-state index in [-0.39, 0.29) is 17.9 Å². The van der Waals surface area contributed by atoms with Crippen molar-refractivity contribution in [2.75, 3.05) is 18.4 Å². The smallest absolute Gasteiger partial charge is 0.323 e. The van der Waals surface area contributed by atoms with Gasteiger partial charge in [-0.3, -0.25) is 14.8 Å². The van der Waals surface area contributed by atoms with Crippen LogP contribution in [0.1, 0.15) is 43.7 Å². The van der Waals surface area contributed by atoms with Crippen molar-refractivity contribution in [3.63, 3.8) is 0 Å². The lowest BCUT2D eigenvalue weighted by atomic mass is 9.96. The summed E-state index contributed by atoms with van der Waals surface area (Å²) in [5.74, 6) is 1.44. The first-order valence-corrected chi connectivity index (χ1v) is 9.94. The first-order chi connectivity index (χ1) is 13.5. The number of aromatic nitrogens is 2. The Morgan fingerprint density at radius 1 is 1.25 bits per heavy atom. The number of nitrogens with one attached hydrogen (secondary N) is 2. The summed E-state index contributed by atoms with van der Waals surface area (Å²) in [6.45, 7) is 5.65. The number of hydrogen-bond acceptors (Lipinski definition) is 4. The Labute approximate surface area is 165 Å². The maximum Gasteiger partial charge on any atom is 0.323 e. The van der Waals surface area contributed by atoms with Crippen LogP contribution in [0.15, 0.2) is 22.8 Å². The van der Waals surface area contributed by atoms with Crippen LogP contribution in [0.3, 0.4) is 0 Å². The summed E-state index contributed by atoms with van der Waals surface area (Å²) >= 11 is 0. The molecule has 2 aromatic heterocycles. The minimum atomic E-state index is -0.130. The zero-order valence-corrected chi connectivity index (χ0v) is 16.8. The van der Waals surface area contributed by atoms with E-state index in [2.05, 4.69) is 29.6 Å². The fourth-order valence-corrected chi connectivity index (χ4v) is 3.69. The van der Waals surface area contributed by atoms with Gasteiger partial charge in [-0.05, 0) is 37.8 Å². The van der Waals surface area contributed by atoms with Crippen molar-refractivity contribution in [3.05, 3.63) is 35.4 Å². The van der Waals surface area contributed by atoms with Crippen molar-refractivity contribution in [2.45, 2.75) is 46.1 Å². The molecule has 8 nitrogen and oxygen atoms in total. The third-order valence-electron chi connectivity index (χ3n) is 5.31. The summed E-state index contributed by atoms with van der Waals surface area (Å²) in [6, 6.07) is 3.50. The van der Waals surface area contributed by atoms with Gasteiger partial charge < -0.3 is 14.6 Å². The number of aryl methyl sites for hydroxylation is 2. The summed E-state index contributed by atoms with van der Waals surface area (Å²) in [5, 5.41) is 10.4. The molecule has 0 spiro atoms. The molecule has 0 atom stereocenters. The molecule has 0 unspecified atom stereocenters. The number of carbonyl (C=O) groups excluding carboxylic acids is 2. The molecule has 3 rings (SSSR count). The Balaban J connectivity index is 1.51. The van der Waals surface area contributed by atoms with Crippen LogP contribution in [-0.4, -0.2) is 39.7 Å². The van der Waals surface area contributed by atoms with Gasteiger partial charge in [0, 0.05) is 31.6 Å². The first-order valence-electron chi connectivity index (χ1n) is 9.94. The van der Waals surface area contributed by atoms with Crippen LogP contribution < -0.4 is 10.6 Å². The highest BCUT2D eigenvalue weighted by Gasteiger charge is 2.28. The average molecular weight is 387 g/mol. The second-order valence-corrected chi connectivity index (χ2v) is 7.09. The van der Waals surface area contributed by atoms with Crippen molar-refractivity contribution in [3.8, 4) is 0 Å². The van der Waals surface area contributed by atoms with E-state index in [1.54, 1.807) is 21.9 Å². The fourth-order valence-electron chi connectivity index (χ4n) is 3.69. The molecule has 0 aliphatic carbocycles. The number of amides is 3. The highest BCUT2D eigenvalue weighted by atomic mass is 16.3. The number of anilines is 1. The van der Waals surface area contributed by atoms with Crippen LogP contribution in [0.4, 0.5) is 10.6 Å². The van der Waals surface area contributed by atoms with Gasteiger partial charge in [-0.15, -0.1) is 0 Å². The molecule has 0 radical (unpaired) electrons. The normalized spacial score (nSPS) is 14.9. The molecule has 1 saturated heterocycles. The first kappa shape index (κ1) is 20.0. The zero-order chi connectivity index (χ0) is 20.1. The molecular weight excluding hydrogens is 358 g/mol. The molecule has 152 valence electrons. The highest BCUT2D eigenvalue weighted by Crippen LogP contribution is 2.23. The Morgan fingerprint density at radius 2 is 2.00 bits per heavy atom. The minimum Gasteiger partial charge on any atom is -0.467 e. The van der Waals surface area contributed by atoms with E-state index in [0.717, 1.165) is 35.7 Å². The van der Waals surface area contributed by atoms with Crippen LogP contribution in [-0.2, 0) is 31.2 Å². The second-order valence-electron chi connectivity index (χ2n) is 7.09. The van der Waals surface area contributed by atoms with Gasteiger partial charge >= 0.3 is 6.03 Å². The molecule has 2 N–H and O–H groups in total. The molecule has 3 heterocycles. The van der Waals surface area contributed by atoms with E-state index < -0.39 is 0 Å². The van der Waals surface area contributed by atoms with Crippen molar-refractivity contribution in [2.24, 2.45) is 13.0 Å². The number of piperidine rings is 1. The molecule has 1 aliphatic rings. The van der Waals surface area contributed by atoms with Gasteiger partial charge in [0.2, 0.25) is 5.91 Å². The summed E-state index contributed by atoms with van der Waals surface area (Å²) in [4.78, 5) is 26.8. The van der Waals surface area contributed by atoms with Crippen LogP contribution >= 0.6 is 0 Å². The van der Waals surface area contributed by atoms with Crippen LogP contribution in [0, 0.1) is 5.92 Å². The van der Waals surface area contributed by atoms with Crippen LogP contribution in [0.5, 0.6) is 0 Å². The largest absolute Gasteiger partial charge is 0.467 e. The number of carbonyl (C=O) groups is 2. The number of furan rings is 1. The number of likely N-dealkylation sites (tertiary alicyclic amines) is 1. The monoisotopic (exact) mass is 387 g/mol. The molecule has 0 saturated carbocycles. The maximum atomic E-state index is 12.7. The minimum absolute atomic E-state index is 0.0175. The topological polar surface area (TPSA) is 92.4 Å². The number of nitrogens with zero attached hydrogens (tertiary/aromatic N) is 3. The number of rotatable bonds is 6. The van der Waals surface area contributed by atoms with Crippen molar-refractivity contribution in [1.29, 1.82) is 0 Å². The molecule has 3 amide bonds. The van der Waals surface area contributed by atoms with Crippen molar-refractivity contribution >= 4 is 17.8 Å². The van der Waals surface area contributed by atoms with E-state index in [1.165, 1.54) is 0 Å². The third-order valence-corrected chi connectivity index (χ3v) is 5.31. The number of hydrogen-bond donors (Lipinski definition) is 2. The molecule has 28 heavy (non-hydrogen) atoms. The third kappa shape index (κ3) is 4.37. The molecule has 1 fully saturated rings. The lowest BCUT2D eigenvalue weighted by Gasteiger charge is -2.31. The zero-order valence-electron chi connectivity index (χ0n) is 16.8. The Kier molecular flexibility index (Phi) is 6.38. The lowest BCUT2D eigenvalue weighted by molar-refractivity contribution is -0.126. The molecule has 2 aromatic rings. The summed E-state index contributed by atoms with van der Waals surface area (Å²) in [7, 11) is 1.85. The van der Waals surface area contributed by atoms with E-state index >= 15 is 0 Å². The van der Waals surface area contributed by atoms with Crippen LogP contribution in [0.2, 0.25) is 0 Å². The van der Waals surface area contributed by atoms with Gasteiger partial charge in [-0.25, -0.2) is 4.79 Å². The van der Waals surface area contributed by atoms with E-state index in [4.69, 9.17) is 4.42 Å². The van der Waals surface area contributed by atoms with Crippen molar-refractivity contribution in [1.82, 2.24) is 20.0 Å². The van der Waals surface area contributed by atoms with Gasteiger partial charge in [0.1, 0.15) is 11.6 Å². The fraction of sp³-hybridized carbons (Fsp3) is 0.550. The predicted octanol–water partition coefficient (Wildman–Crippen LogP) is 2.70. The summed E-state index contributed by atoms with van der Waals surface area (Å²) in [5.41, 5.74) is 2.11.